The minimum Gasteiger partial charge on any atom is -0.493 e. The van der Waals surface area contributed by atoms with Crippen LogP contribution in [0.4, 0.5) is 11.6 Å². The Balaban J connectivity index is 1.24. The summed E-state index contributed by atoms with van der Waals surface area (Å²) in [7, 11) is 3.27. The van der Waals surface area contributed by atoms with Crippen LogP contribution in [-0.4, -0.2) is 64.9 Å². The van der Waals surface area contributed by atoms with Gasteiger partial charge in [-0.3, -0.25) is 4.90 Å². The van der Waals surface area contributed by atoms with E-state index in [4.69, 9.17) is 24.5 Å². The summed E-state index contributed by atoms with van der Waals surface area (Å²) < 4.78 is 12.7. The number of para-hydroxylation sites is 1. The van der Waals surface area contributed by atoms with Gasteiger partial charge in [0.15, 0.2) is 23.0 Å². The SMILES string of the molecule is COc1ccc(CNc2ncc(CN3CCN(c4ccccc4)CC3)c3nc(-c4ccccc4)nn23)cc1OC. The first-order valence-corrected chi connectivity index (χ1v) is 13.5. The Labute approximate surface area is 234 Å². The first kappa shape index (κ1) is 25.6. The Morgan fingerprint density at radius 2 is 1.55 bits per heavy atom. The molecule has 5 aromatic rings. The van der Waals surface area contributed by atoms with E-state index < -0.39 is 0 Å². The molecule has 1 aliphatic heterocycles. The number of fused-ring (bicyclic) bond motifs is 1. The van der Waals surface area contributed by atoms with Gasteiger partial charge in [0.1, 0.15) is 0 Å². The van der Waals surface area contributed by atoms with E-state index in [1.807, 2.05) is 59.2 Å². The number of benzene rings is 3. The van der Waals surface area contributed by atoms with Crippen LogP contribution < -0.4 is 19.7 Å². The van der Waals surface area contributed by atoms with Gasteiger partial charge in [-0.05, 0) is 29.8 Å². The second-order valence-corrected chi connectivity index (χ2v) is 9.79. The lowest BCUT2D eigenvalue weighted by atomic mass is 10.2. The van der Waals surface area contributed by atoms with Gasteiger partial charge in [0.05, 0.1) is 14.2 Å². The molecule has 9 heteroatoms. The summed E-state index contributed by atoms with van der Waals surface area (Å²) in [5.74, 6) is 2.70. The molecule has 0 atom stereocenters. The molecule has 0 bridgehead atoms. The van der Waals surface area contributed by atoms with Crippen molar-refractivity contribution in [2.75, 3.05) is 50.6 Å². The summed E-state index contributed by atoms with van der Waals surface area (Å²) in [5.41, 5.74) is 5.16. The number of rotatable bonds is 9. The zero-order chi connectivity index (χ0) is 27.3. The molecule has 1 fully saturated rings. The van der Waals surface area contributed by atoms with Gasteiger partial charge in [-0.2, -0.15) is 4.52 Å². The predicted octanol–water partition coefficient (Wildman–Crippen LogP) is 4.74. The van der Waals surface area contributed by atoms with Crippen molar-refractivity contribution < 1.29 is 9.47 Å². The third kappa shape index (κ3) is 5.41. The van der Waals surface area contributed by atoms with Crippen LogP contribution in [0.3, 0.4) is 0 Å². The average Bonchev–Trinajstić information content (AvgIpc) is 3.48. The first-order valence-electron chi connectivity index (χ1n) is 13.5. The minimum absolute atomic E-state index is 0.545. The van der Waals surface area contributed by atoms with Crippen molar-refractivity contribution >= 4 is 17.3 Å². The maximum Gasteiger partial charge on any atom is 0.226 e. The second-order valence-electron chi connectivity index (χ2n) is 9.79. The summed E-state index contributed by atoms with van der Waals surface area (Å²) in [6.45, 7) is 5.23. The molecule has 9 nitrogen and oxygen atoms in total. The van der Waals surface area contributed by atoms with Crippen LogP contribution in [0.2, 0.25) is 0 Å². The molecule has 0 spiro atoms. The zero-order valence-corrected chi connectivity index (χ0v) is 22.8. The van der Waals surface area contributed by atoms with Crippen LogP contribution in [-0.2, 0) is 13.1 Å². The maximum absolute atomic E-state index is 5.47. The molecule has 1 N–H and O–H groups in total. The highest BCUT2D eigenvalue weighted by Crippen LogP contribution is 2.28. The van der Waals surface area contributed by atoms with E-state index in [1.165, 1.54) is 5.69 Å². The van der Waals surface area contributed by atoms with Gasteiger partial charge in [-0.25, -0.2) is 9.97 Å². The van der Waals surface area contributed by atoms with E-state index in [1.54, 1.807) is 14.2 Å². The van der Waals surface area contributed by atoms with E-state index in [2.05, 4.69) is 45.4 Å². The van der Waals surface area contributed by atoms with E-state index in [0.29, 0.717) is 29.8 Å². The van der Waals surface area contributed by atoms with Gasteiger partial charge < -0.3 is 19.7 Å². The number of methoxy groups -OCH3 is 2. The van der Waals surface area contributed by atoms with Crippen molar-refractivity contribution in [1.82, 2.24) is 24.5 Å². The van der Waals surface area contributed by atoms with Crippen LogP contribution in [0.25, 0.3) is 17.0 Å². The highest BCUT2D eigenvalue weighted by Gasteiger charge is 2.21. The third-order valence-corrected chi connectivity index (χ3v) is 7.26. The monoisotopic (exact) mass is 535 g/mol. The standard InChI is InChI=1S/C31H33N7O2/c1-39-27-14-13-23(19-28(27)40-2)20-32-31-33-21-25(30-34-29(35-38(30)31)24-9-5-3-6-10-24)22-36-15-17-37(18-16-36)26-11-7-4-8-12-26/h3-14,19,21H,15-18,20,22H2,1-2H3,(H,32,33). The van der Waals surface area contributed by atoms with Crippen molar-refractivity contribution in [2.24, 2.45) is 0 Å². The van der Waals surface area contributed by atoms with Crippen molar-refractivity contribution in [3.63, 3.8) is 0 Å². The van der Waals surface area contributed by atoms with Gasteiger partial charge in [0, 0.05) is 62.3 Å². The maximum atomic E-state index is 5.47. The number of piperazine rings is 1. The van der Waals surface area contributed by atoms with Crippen LogP contribution in [0.1, 0.15) is 11.1 Å². The smallest absolute Gasteiger partial charge is 0.226 e. The number of anilines is 2. The van der Waals surface area contributed by atoms with Gasteiger partial charge >= 0.3 is 0 Å². The summed E-state index contributed by atoms with van der Waals surface area (Å²) in [4.78, 5) is 14.7. The van der Waals surface area contributed by atoms with Crippen LogP contribution >= 0.6 is 0 Å². The lowest BCUT2D eigenvalue weighted by Gasteiger charge is -2.36. The molecular weight excluding hydrogens is 502 g/mol. The molecule has 0 unspecified atom stereocenters. The number of hydrogen-bond acceptors (Lipinski definition) is 8. The molecule has 0 saturated carbocycles. The van der Waals surface area contributed by atoms with Crippen molar-refractivity contribution in [3.05, 3.63) is 96.2 Å². The number of aromatic nitrogens is 4. The average molecular weight is 536 g/mol. The van der Waals surface area contributed by atoms with Gasteiger partial charge in [-0.1, -0.05) is 54.6 Å². The third-order valence-electron chi connectivity index (χ3n) is 7.26. The number of ether oxygens (including phenoxy) is 2. The molecule has 1 aliphatic rings. The van der Waals surface area contributed by atoms with Crippen molar-refractivity contribution in [1.29, 1.82) is 0 Å². The van der Waals surface area contributed by atoms with E-state index >= 15 is 0 Å². The highest BCUT2D eigenvalue weighted by molar-refractivity contribution is 5.61. The topological polar surface area (TPSA) is 80.0 Å². The van der Waals surface area contributed by atoms with Gasteiger partial charge in [-0.15, -0.1) is 5.10 Å². The molecular formula is C31H33N7O2. The fourth-order valence-electron chi connectivity index (χ4n) is 5.08. The molecule has 0 aliphatic carbocycles. The molecule has 204 valence electrons. The number of hydrogen-bond donors (Lipinski definition) is 1. The zero-order valence-electron chi connectivity index (χ0n) is 22.8. The first-order chi connectivity index (χ1) is 19.7. The van der Waals surface area contributed by atoms with Crippen LogP contribution in [0, 0.1) is 0 Å². The number of nitrogens with zero attached hydrogens (tertiary/aromatic N) is 6. The molecule has 2 aromatic heterocycles. The van der Waals surface area contributed by atoms with Gasteiger partial charge in [0.2, 0.25) is 5.95 Å². The summed E-state index contributed by atoms with van der Waals surface area (Å²) in [6.07, 6.45) is 1.93. The largest absolute Gasteiger partial charge is 0.493 e. The highest BCUT2D eigenvalue weighted by atomic mass is 16.5. The summed E-state index contributed by atoms with van der Waals surface area (Å²) in [6, 6.07) is 26.5. The predicted molar refractivity (Wildman–Crippen MR) is 157 cm³/mol. The normalized spacial score (nSPS) is 13.9. The minimum atomic E-state index is 0.545. The Hall–Kier alpha value is -4.63. The fraction of sp³-hybridized carbons (Fsp3) is 0.258. The summed E-state index contributed by atoms with van der Waals surface area (Å²) >= 11 is 0. The molecule has 3 heterocycles. The molecule has 0 radical (unpaired) electrons. The van der Waals surface area contributed by atoms with Crippen molar-refractivity contribution in [3.8, 4) is 22.9 Å². The molecule has 40 heavy (non-hydrogen) atoms. The van der Waals surface area contributed by atoms with E-state index in [0.717, 1.165) is 55.1 Å². The quantitative estimate of drug-likeness (QED) is 0.290. The molecule has 1 saturated heterocycles. The molecule has 0 amide bonds. The van der Waals surface area contributed by atoms with Crippen LogP contribution in [0.15, 0.2) is 85.1 Å². The lowest BCUT2D eigenvalue weighted by molar-refractivity contribution is 0.250. The second kappa shape index (κ2) is 11.6. The van der Waals surface area contributed by atoms with Crippen molar-refractivity contribution in [2.45, 2.75) is 13.1 Å². The van der Waals surface area contributed by atoms with Gasteiger partial charge in [0.25, 0.3) is 0 Å². The number of nitrogens with one attached hydrogen (secondary N) is 1. The molecule has 6 rings (SSSR count). The van der Waals surface area contributed by atoms with E-state index in [9.17, 15) is 0 Å². The Bertz CT molecular complexity index is 1570. The Morgan fingerprint density at radius 1 is 0.825 bits per heavy atom. The van der Waals surface area contributed by atoms with Crippen LogP contribution in [0.5, 0.6) is 11.5 Å². The Morgan fingerprint density at radius 3 is 2.27 bits per heavy atom. The Kier molecular flexibility index (Phi) is 7.45. The van der Waals surface area contributed by atoms with E-state index in [-0.39, 0.29) is 0 Å². The fourth-order valence-corrected chi connectivity index (χ4v) is 5.08. The lowest BCUT2D eigenvalue weighted by Crippen LogP contribution is -2.46. The summed E-state index contributed by atoms with van der Waals surface area (Å²) in [5, 5.41) is 8.32. The molecule has 3 aromatic carbocycles.